The number of rotatable bonds is 3. The summed E-state index contributed by atoms with van der Waals surface area (Å²) in [6.45, 7) is 1.86. The Kier molecular flexibility index (Phi) is 4.38. The Bertz CT molecular complexity index is 520. The smallest absolute Gasteiger partial charge is 0.240 e. The first-order valence-electron chi connectivity index (χ1n) is 8.40. The van der Waals surface area contributed by atoms with Crippen LogP contribution in [0.4, 0.5) is 5.69 Å². The molecule has 1 aromatic rings. The van der Waals surface area contributed by atoms with Gasteiger partial charge in [0.05, 0.1) is 17.4 Å². The summed E-state index contributed by atoms with van der Waals surface area (Å²) in [5.74, 6) is 0.0465. The van der Waals surface area contributed by atoms with Gasteiger partial charge >= 0.3 is 0 Å². The zero-order valence-electron chi connectivity index (χ0n) is 13.4. The number of hydrogen-bond donors (Lipinski definition) is 2. The first-order chi connectivity index (χ1) is 10.6. The van der Waals surface area contributed by atoms with Crippen molar-refractivity contribution in [1.82, 2.24) is 15.1 Å². The highest BCUT2D eigenvalue weighted by Gasteiger charge is 2.36. The van der Waals surface area contributed by atoms with Crippen molar-refractivity contribution in [3.8, 4) is 0 Å². The molecule has 0 bridgehead atoms. The van der Waals surface area contributed by atoms with Gasteiger partial charge in [0.1, 0.15) is 0 Å². The SMILES string of the molecule is Cn1cc(N2CCCC(NC(=O)C3(N)CCCCC3)C2)cn1. The van der Waals surface area contributed by atoms with E-state index in [9.17, 15) is 4.79 Å². The number of aryl methyl sites for hydroxylation is 1. The van der Waals surface area contributed by atoms with Gasteiger partial charge < -0.3 is 16.0 Å². The number of anilines is 1. The van der Waals surface area contributed by atoms with Gasteiger partial charge in [-0.1, -0.05) is 19.3 Å². The highest BCUT2D eigenvalue weighted by molar-refractivity contribution is 5.86. The largest absolute Gasteiger partial charge is 0.367 e. The van der Waals surface area contributed by atoms with Gasteiger partial charge in [-0.15, -0.1) is 0 Å². The molecule has 6 nitrogen and oxygen atoms in total. The lowest BCUT2D eigenvalue weighted by Crippen LogP contribution is -2.59. The second-order valence-corrected chi connectivity index (χ2v) is 6.85. The van der Waals surface area contributed by atoms with E-state index in [2.05, 4.69) is 15.3 Å². The van der Waals surface area contributed by atoms with Crippen molar-refractivity contribution in [2.75, 3.05) is 18.0 Å². The second-order valence-electron chi connectivity index (χ2n) is 6.85. The monoisotopic (exact) mass is 305 g/mol. The third-order valence-corrected chi connectivity index (χ3v) is 5.01. The molecule has 2 fully saturated rings. The number of hydrogen-bond acceptors (Lipinski definition) is 4. The quantitative estimate of drug-likeness (QED) is 0.879. The number of piperidine rings is 1. The van der Waals surface area contributed by atoms with Crippen molar-refractivity contribution in [2.45, 2.75) is 56.5 Å². The maximum Gasteiger partial charge on any atom is 0.240 e. The molecule has 0 spiro atoms. The lowest BCUT2D eigenvalue weighted by Gasteiger charge is -2.37. The fraction of sp³-hybridized carbons (Fsp3) is 0.750. The highest BCUT2D eigenvalue weighted by atomic mass is 16.2. The van der Waals surface area contributed by atoms with Crippen LogP contribution in [0.1, 0.15) is 44.9 Å². The molecular weight excluding hydrogens is 278 g/mol. The third-order valence-electron chi connectivity index (χ3n) is 5.01. The standard InChI is InChI=1S/C16H27N5O/c1-20-12-14(10-18-20)21-9-5-6-13(11-21)19-15(22)16(17)7-3-2-4-8-16/h10,12-13H,2-9,11,17H2,1H3,(H,19,22). The minimum Gasteiger partial charge on any atom is -0.367 e. The Morgan fingerprint density at radius 1 is 1.36 bits per heavy atom. The zero-order chi connectivity index (χ0) is 15.6. The first kappa shape index (κ1) is 15.3. The molecule has 3 rings (SSSR count). The van der Waals surface area contributed by atoms with Crippen LogP contribution in [0.2, 0.25) is 0 Å². The summed E-state index contributed by atoms with van der Waals surface area (Å²) in [6.07, 6.45) is 11.0. The summed E-state index contributed by atoms with van der Waals surface area (Å²) in [5.41, 5.74) is 6.81. The van der Waals surface area contributed by atoms with Crippen LogP contribution in [0.15, 0.2) is 12.4 Å². The van der Waals surface area contributed by atoms with E-state index in [0.29, 0.717) is 0 Å². The molecule has 1 atom stereocenters. The van der Waals surface area contributed by atoms with Gasteiger partial charge in [0, 0.05) is 32.4 Å². The number of aromatic nitrogens is 2. The highest BCUT2D eigenvalue weighted by Crippen LogP contribution is 2.27. The van der Waals surface area contributed by atoms with Crippen LogP contribution < -0.4 is 16.0 Å². The molecule has 6 heteroatoms. The number of nitrogens with two attached hydrogens (primary N) is 1. The molecule has 1 aromatic heterocycles. The average Bonchev–Trinajstić information content (AvgIpc) is 2.95. The van der Waals surface area contributed by atoms with Crippen molar-refractivity contribution in [2.24, 2.45) is 12.8 Å². The van der Waals surface area contributed by atoms with Crippen molar-refractivity contribution >= 4 is 11.6 Å². The molecule has 1 saturated heterocycles. The van der Waals surface area contributed by atoms with Crippen LogP contribution in [0.5, 0.6) is 0 Å². The summed E-state index contributed by atoms with van der Waals surface area (Å²) >= 11 is 0. The fourth-order valence-electron chi connectivity index (χ4n) is 3.64. The van der Waals surface area contributed by atoms with E-state index < -0.39 is 5.54 Å². The summed E-state index contributed by atoms with van der Waals surface area (Å²) < 4.78 is 1.81. The Hall–Kier alpha value is -1.56. The Balaban J connectivity index is 1.59. The summed E-state index contributed by atoms with van der Waals surface area (Å²) in [5, 5.41) is 7.43. The van der Waals surface area contributed by atoms with E-state index in [1.807, 2.05) is 24.1 Å². The number of carbonyl (C=O) groups excluding carboxylic acids is 1. The molecule has 2 aliphatic rings. The molecule has 22 heavy (non-hydrogen) atoms. The molecular formula is C16H27N5O. The molecule has 1 aliphatic heterocycles. The predicted octanol–water partition coefficient (Wildman–Crippen LogP) is 1.17. The van der Waals surface area contributed by atoms with Crippen LogP contribution in [0.3, 0.4) is 0 Å². The van der Waals surface area contributed by atoms with Crippen LogP contribution >= 0.6 is 0 Å². The van der Waals surface area contributed by atoms with Gasteiger partial charge in [-0.2, -0.15) is 5.10 Å². The van der Waals surface area contributed by atoms with E-state index >= 15 is 0 Å². The van der Waals surface area contributed by atoms with Gasteiger partial charge in [0.2, 0.25) is 5.91 Å². The lowest BCUT2D eigenvalue weighted by molar-refractivity contribution is -0.128. The molecule has 0 aromatic carbocycles. The van der Waals surface area contributed by atoms with E-state index in [0.717, 1.165) is 57.3 Å². The van der Waals surface area contributed by atoms with Crippen molar-refractivity contribution in [3.05, 3.63) is 12.4 Å². The van der Waals surface area contributed by atoms with Crippen LogP contribution in [-0.4, -0.2) is 40.4 Å². The van der Waals surface area contributed by atoms with Crippen LogP contribution in [0, 0.1) is 0 Å². The maximum atomic E-state index is 12.6. The molecule has 1 unspecified atom stereocenters. The minimum atomic E-state index is -0.644. The summed E-state index contributed by atoms with van der Waals surface area (Å²) in [7, 11) is 1.92. The molecule has 1 amide bonds. The summed E-state index contributed by atoms with van der Waals surface area (Å²) in [4.78, 5) is 14.9. The van der Waals surface area contributed by atoms with Crippen LogP contribution in [-0.2, 0) is 11.8 Å². The normalized spacial score (nSPS) is 25.0. The maximum absolute atomic E-state index is 12.6. The van der Waals surface area contributed by atoms with Gasteiger partial charge in [0.15, 0.2) is 0 Å². The van der Waals surface area contributed by atoms with Crippen LogP contribution in [0.25, 0.3) is 0 Å². The minimum absolute atomic E-state index is 0.0465. The number of nitrogens with zero attached hydrogens (tertiary/aromatic N) is 3. The van der Waals surface area contributed by atoms with Gasteiger partial charge in [0.25, 0.3) is 0 Å². The molecule has 1 saturated carbocycles. The van der Waals surface area contributed by atoms with E-state index in [-0.39, 0.29) is 11.9 Å². The fourth-order valence-corrected chi connectivity index (χ4v) is 3.64. The molecule has 3 N–H and O–H groups in total. The lowest BCUT2D eigenvalue weighted by atomic mass is 9.81. The Morgan fingerprint density at radius 2 is 2.14 bits per heavy atom. The molecule has 1 aliphatic carbocycles. The van der Waals surface area contributed by atoms with E-state index in [1.165, 1.54) is 6.42 Å². The average molecular weight is 305 g/mol. The topological polar surface area (TPSA) is 76.2 Å². The Morgan fingerprint density at radius 3 is 2.82 bits per heavy atom. The number of nitrogens with one attached hydrogen (secondary N) is 1. The van der Waals surface area contributed by atoms with E-state index in [1.54, 1.807) is 0 Å². The summed E-state index contributed by atoms with van der Waals surface area (Å²) in [6, 6.07) is 0.184. The van der Waals surface area contributed by atoms with Gasteiger partial charge in [-0.05, 0) is 25.7 Å². The van der Waals surface area contributed by atoms with Gasteiger partial charge in [-0.25, -0.2) is 0 Å². The van der Waals surface area contributed by atoms with Gasteiger partial charge in [-0.3, -0.25) is 9.48 Å². The second kappa shape index (κ2) is 6.28. The van der Waals surface area contributed by atoms with Crippen molar-refractivity contribution in [3.63, 3.8) is 0 Å². The first-order valence-corrected chi connectivity index (χ1v) is 8.40. The molecule has 2 heterocycles. The van der Waals surface area contributed by atoms with E-state index in [4.69, 9.17) is 5.73 Å². The van der Waals surface area contributed by atoms with Crippen molar-refractivity contribution < 1.29 is 4.79 Å². The molecule has 0 radical (unpaired) electrons. The number of carbonyl (C=O) groups is 1. The van der Waals surface area contributed by atoms with Crippen molar-refractivity contribution in [1.29, 1.82) is 0 Å². The zero-order valence-corrected chi connectivity index (χ0v) is 13.4. The molecule has 122 valence electrons. The third kappa shape index (κ3) is 3.27. The Labute approximate surface area is 132 Å². The number of amides is 1. The predicted molar refractivity (Wildman–Crippen MR) is 86.6 cm³/mol.